The Morgan fingerprint density at radius 3 is 2.48 bits per heavy atom. The molecular formula is C18H19N5O2. The van der Waals surface area contributed by atoms with Crippen molar-refractivity contribution >= 4 is 22.9 Å². The zero-order valence-corrected chi connectivity index (χ0v) is 14.1. The van der Waals surface area contributed by atoms with Crippen LogP contribution in [0.1, 0.15) is 5.56 Å². The first-order valence-corrected chi connectivity index (χ1v) is 7.71. The highest BCUT2D eigenvalue weighted by Gasteiger charge is 2.20. The lowest BCUT2D eigenvalue weighted by atomic mass is 10.0. The van der Waals surface area contributed by atoms with E-state index in [2.05, 4.69) is 20.7 Å². The molecule has 2 aromatic rings. The number of nitrogens with two attached hydrogens (primary N) is 1. The summed E-state index contributed by atoms with van der Waals surface area (Å²) in [4.78, 5) is 0. The summed E-state index contributed by atoms with van der Waals surface area (Å²) in [6.07, 6.45) is 0.528. The number of ether oxygens (including phenoxy) is 2. The van der Waals surface area contributed by atoms with Gasteiger partial charge in [-0.05, 0) is 29.8 Å². The van der Waals surface area contributed by atoms with Crippen LogP contribution >= 0.6 is 0 Å². The van der Waals surface area contributed by atoms with Crippen molar-refractivity contribution in [3.8, 4) is 11.5 Å². The molecule has 0 unspecified atom stereocenters. The fraction of sp³-hybridized carbons (Fsp3) is 0.167. The molecule has 0 saturated heterocycles. The maximum absolute atomic E-state index is 5.91. The number of hydrogen-bond donors (Lipinski definition) is 2. The Hall–Kier alpha value is -3.35. The summed E-state index contributed by atoms with van der Waals surface area (Å²) in [6.45, 7) is 0. The predicted octanol–water partition coefficient (Wildman–Crippen LogP) is 2.44. The number of amidine groups is 1. The first kappa shape index (κ1) is 16.5. The van der Waals surface area contributed by atoms with E-state index in [0.29, 0.717) is 35.2 Å². The minimum absolute atomic E-state index is 0.291. The van der Waals surface area contributed by atoms with Gasteiger partial charge in [-0.15, -0.1) is 5.10 Å². The molecule has 0 atom stereocenters. The van der Waals surface area contributed by atoms with Crippen LogP contribution in [0.15, 0.2) is 63.8 Å². The minimum atomic E-state index is 0.291. The molecule has 0 aliphatic carbocycles. The topological polar surface area (TPSA) is 93.6 Å². The van der Waals surface area contributed by atoms with Crippen LogP contribution in [-0.2, 0) is 6.42 Å². The van der Waals surface area contributed by atoms with E-state index in [1.807, 2.05) is 48.5 Å². The Balaban J connectivity index is 1.78. The van der Waals surface area contributed by atoms with Gasteiger partial charge in [0.05, 0.1) is 25.6 Å². The van der Waals surface area contributed by atoms with Crippen molar-refractivity contribution in [2.24, 2.45) is 21.0 Å². The molecule has 0 bridgehead atoms. The number of rotatable bonds is 6. The summed E-state index contributed by atoms with van der Waals surface area (Å²) < 4.78 is 10.6. The SMILES string of the molecule is COc1ccc(CC2=NN=C(N)/C2=N/Nc2ccccc2)cc1OC. The number of benzene rings is 2. The van der Waals surface area contributed by atoms with Crippen LogP contribution in [-0.4, -0.2) is 31.5 Å². The normalized spacial score (nSPS) is 14.9. The van der Waals surface area contributed by atoms with E-state index < -0.39 is 0 Å². The zero-order valence-electron chi connectivity index (χ0n) is 14.1. The van der Waals surface area contributed by atoms with Crippen LogP contribution < -0.4 is 20.6 Å². The molecule has 3 N–H and O–H groups in total. The van der Waals surface area contributed by atoms with Gasteiger partial charge in [0.2, 0.25) is 0 Å². The van der Waals surface area contributed by atoms with E-state index in [9.17, 15) is 0 Å². The Kier molecular flexibility index (Phi) is 4.94. The largest absolute Gasteiger partial charge is 0.493 e. The van der Waals surface area contributed by atoms with Crippen molar-refractivity contribution < 1.29 is 9.47 Å². The summed E-state index contributed by atoms with van der Waals surface area (Å²) in [5.74, 6) is 1.63. The summed E-state index contributed by atoms with van der Waals surface area (Å²) in [7, 11) is 3.21. The Bertz CT molecular complexity index is 844. The summed E-state index contributed by atoms with van der Waals surface area (Å²) in [5, 5.41) is 12.4. The third kappa shape index (κ3) is 3.77. The Morgan fingerprint density at radius 1 is 1.00 bits per heavy atom. The van der Waals surface area contributed by atoms with E-state index in [1.165, 1.54) is 0 Å². The number of anilines is 1. The van der Waals surface area contributed by atoms with Crippen molar-refractivity contribution in [3.05, 3.63) is 54.1 Å². The molecule has 7 heteroatoms. The van der Waals surface area contributed by atoms with Gasteiger partial charge in [-0.3, -0.25) is 5.43 Å². The second-order valence-electron chi connectivity index (χ2n) is 5.34. The molecule has 1 aliphatic heterocycles. The third-order valence-electron chi connectivity index (χ3n) is 3.68. The standard InChI is InChI=1S/C18H19N5O2/c1-24-15-9-8-12(11-16(15)25-2)10-14-17(18(19)23-21-14)22-20-13-6-4-3-5-7-13/h3-9,11,20H,10H2,1-2H3,(H2,19,22,23). The van der Waals surface area contributed by atoms with Crippen LogP contribution in [0, 0.1) is 0 Å². The van der Waals surface area contributed by atoms with Gasteiger partial charge in [0.15, 0.2) is 23.0 Å². The maximum atomic E-state index is 5.91. The average molecular weight is 337 g/mol. The summed E-state index contributed by atoms with van der Waals surface area (Å²) in [5.41, 5.74) is 12.0. The first-order chi connectivity index (χ1) is 12.2. The van der Waals surface area contributed by atoms with E-state index in [1.54, 1.807) is 14.2 Å². The molecule has 0 aromatic heterocycles. The van der Waals surface area contributed by atoms with Gasteiger partial charge in [-0.25, -0.2) is 0 Å². The van der Waals surface area contributed by atoms with Crippen LogP contribution in [0.4, 0.5) is 5.69 Å². The smallest absolute Gasteiger partial charge is 0.175 e. The lowest BCUT2D eigenvalue weighted by Crippen LogP contribution is -2.29. The van der Waals surface area contributed by atoms with Gasteiger partial charge in [0.1, 0.15) is 0 Å². The van der Waals surface area contributed by atoms with Crippen molar-refractivity contribution in [3.63, 3.8) is 0 Å². The number of hydrazone groups is 1. The van der Waals surface area contributed by atoms with Crippen molar-refractivity contribution in [2.75, 3.05) is 19.6 Å². The van der Waals surface area contributed by atoms with E-state index in [0.717, 1.165) is 11.3 Å². The Morgan fingerprint density at radius 2 is 1.76 bits per heavy atom. The Labute approximate surface area is 145 Å². The number of hydrogen-bond acceptors (Lipinski definition) is 7. The second kappa shape index (κ2) is 7.48. The van der Waals surface area contributed by atoms with E-state index in [4.69, 9.17) is 15.2 Å². The molecule has 0 spiro atoms. The van der Waals surface area contributed by atoms with Crippen molar-refractivity contribution in [2.45, 2.75) is 6.42 Å². The monoisotopic (exact) mass is 337 g/mol. The minimum Gasteiger partial charge on any atom is -0.493 e. The molecule has 0 radical (unpaired) electrons. The molecular weight excluding hydrogens is 318 g/mol. The fourth-order valence-electron chi connectivity index (χ4n) is 2.41. The van der Waals surface area contributed by atoms with Crippen molar-refractivity contribution in [1.29, 1.82) is 0 Å². The fourth-order valence-corrected chi connectivity index (χ4v) is 2.41. The molecule has 1 heterocycles. The number of nitrogens with one attached hydrogen (secondary N) is 1. The molecule has 7 nitrogen and oxygen atoms in total. The van der Waals surface area contributed by atoms with Crippen molar-refractivity contribution in [1.82, 2.24) is 0 Å². The zero-order chi connectivity index (χ0) is 17.6. The predicted molar refractivity (Wildman–Crippen MR) is 99.8 cm³/mol. The van der Waals surface area contributed by atoms with Gasteiger partial charge in [-0.2, -0.15) is 10.2 Å². The molecule has 0 saturated carbocycles. The van der Waals surface area contributed by atoms with Gasteiger partial charge in [0.25, 0.3) is 0 Å². The molecule has 128 valence electrons. The molecule has 0 amide bonds. The lowest BCUT2D eigenvalue weighted by molar-refractivity contribution is 0.354. The number of nitrogens with zero attached hydrogens (tertiary/aromatic N) is 3. The molecule has 0 fully saturated rings. The first-order valence-electron chi connectivity index (χ1n) is 7.71. The van der Waals surface area contributed by atoms with Crippen LogP contribution in [0.5, 0.6) is 11.5 Å². The van der Waals surface area contributed by atoms with Crippen LogP contribution in [0.3, 0.4) is 0 Å². The highest BCUT2D eigenvalue weighted by Crippen LogP contribution is 2.28. The number of methoxy groups -OCH3 is 2. The molecule has 25 heavy (non-hydrogen) atoms. The molecule has 3 rings (SSSR count). The number of para-hydroxylation sites is 1. The van der Waals surface area contributed by atoms with E-state index in [-0.39, 0.29) is 0 Å². The van der Waals surface area contributed by atoms with Crippen LogP contribution in [0.25, 0.3) is 0 Å². The van der Waals surface area contributed by atoms with Gasteiger partial charge in [-0.1, -0.05) is 24.3 Å². The average Bonchev–Trinajstić information content (AvgIpc) is 3.00. The second-order valence-corrected chi connectivity index (χ2v) is 5.34. The van der Waals surface area contributed by atoms with Crippen LogP contribution in [0.2, 0.25) is 0 Å². The third-order valence-corrected chi connectivity index (χ3v) is 3.68. The quantitative estimate of drug-likeness (QED) is 0.792. The van der Waals surface area contributed by atoms with Gasteiger partial charge < -0.3 is 15.2 Å². The van der Waals surface area contributed by atoms with E-state index >= 15 is 0 Å². The summed E-state index contributed by atoms with van der Waals surface area (Å²) >= 11 is 0. The van der Waals surface area contributed by atoms with Gasteiger partial charge in [0, 0.05) is 6.42 Å². The maximum Gasteiger partial charge on any atom is 0.175 e. The highest BCUT2D eigenvalue weighted by atomic mass is 16.5. The molecule has 1 aliphatic rings. The lowest BCUT2D eigenvalue weighted by Gasteiger charge is -2.10. The highest BCUT2D eigenvalue weighted by molar-refractivity contribution is 6.69. The van der Waals surface area contributed by atoms with Gasteiger partial charge >= 0.3 is 0 Å². The summed E-state index contributed by atoms with van der Waals surface area (Å²) in [6, 6.07) is 15.3. The molecule has 2 aromatic carbocycles.